The zero-order valence-corrected chi connectivity index (χ0v) is 31.5. The van der Waals surface area contributed by atoms with E-state index in [1.165, 1.54) is 0 Å². The topological polar surface area (TPSA) is 184 Å². The first-order valence-electron chi connectivity index (χ1n) is 14.0. The fraction of sp³-hybridized carbons (Fsp3) is 0.483. The summed E-state index contributed by atoms with van der Waals surface area (Å²) in [5.41, 5.74) is -2.17. The summed E-state index contributed by atoms with van der Waals surface area (Å²) in [5.74, 6) is 2.63. The maximum atomic E-state index is 10.7. The number of rotatable bonds is 9. The van der Waals surface area contributed by atoms with Crippen LogP contribution in [0.5, 0.6) is 17.2 Å². The molecule has 0 atom stereocenters. The molecule has 3 rings (SSSR count). The molecule has 3 aromatic heterocycles. The summed E-state index contributed by atoms with van der Waals surface area (Å²) in [6.45, 7) is 14.1. The van der Waals surface area contributed by atoms with E-state index >= 15 is 0 Å². The van der Waals surface area contributed by atoms with Crippen LogP contribution in [0.4, 0.5) is 26.3 Å². The van der Waals surface area contributed by atoms with Crippen LogP contribution >= 0.6 is 0 Å². The molecule has 0 unspecified atom stereocenters. The number of pyridine rings is 3. The van der Waals surface area contributed by atoms with Crippen molar-refractivity contribution in [1.29, 1.82) is 0 Å². The molecule has 0 spiro atoms. The van der Waals surface area contributed by atoms with E-state index in [4.69, 9.17) is 55.1 Å². The van der Waals surface area contributed by atoms with E-state index < -0.39 is 31.3 Å². The van der Waals surface area contributed by atoms with Gasteiger partial charge in [0.15, 0.2) is 20.2 Å². The standard InChI is InChI=1S/C27H36N4O3.2CHF3O3S.Fe/c1-16-10-28-22(19(4)25(16)32-7)13-31(14-23-20(5)26(33-8)17(2)11-29-23)15-24-21(6)27(34-9)18(3)12-30-24;2*2-1(3,4)8(5,6)7;/h10-12H,13-15H2,1-9H3;2*(H,5,6,7);/q;;;+2/p-2. The van der Waals surface area contributed by atoms with Gasteiger partial charge in [-0.15, -0.1) is 0 Å². The van der Waals surface area contributed by atoms with Gasteiger partial charge in [-0.2, -0.15) is 26.3 Å². The summed E-state index contributed by atoms with van der Waals surface area (Å²) < 4.78 is 135. The van der Waals surface area contributed by atoms with Crippen LogP contribution in [-0.4, -0.2) is 78.1 Å². The Hall–Kier alpha value is -3.27. The summed E-state index contributed by atoms with van der Waals surface area (Å²) in [6.07, 6.45) is 5.61. The van der Waals surface area contributed by atoms with Gasteiger partial charge in [-0.05, 0) is 41.5 Å². The summed E-state index contributed by atoms with van der Waals surface area (Å²) in [6, 6.07) is 0. The smallest absolute Gasteiger partial charge is 0.741 e. The first-order valence-corrected chi connectivity index (χ1v) is 16.8. The number of aryl methyl sites for hydroxylation is 3. The van der Waals surface area contributed by atoms with Crippen LogP contribution in [0, 0.1) is 41.5 Å². The summed E-state index contributed by atoms with van der Waals surface area (Å²) in [4.78, 5) is 16.5. The fourth-order valence-corrected chi connectivity index (χ4v) is 4.49. The monoisotopic (exact) mass is 818 g/mol. The molecule has 0 aliphatic heterocycles. The quantitative estimate of drug-likeness (QED) is 0.121. The van der Waals surface area contributed by atoms with Crippen molar-refractivity contribution < 1.29 is 83.6 Å². The number of aromatic nitrogens is 3. The second-order valence-corrected chi connectivity index (χ2v) is 13.3. The van der Waals surface area contributed by atoms with Crippen molar-refractivity contribution in [1.82, 2.24) is 19.9 Å². The van der Waals surface area contributed by atoms with E-state index in [0.29, 0.717) is 19.6 Å². The Morgan fingerprint density at radius 1 is 0.569 bits per heavy atom. The van der Waals surface area contributed by atoms with Crippen LogP contribution in [0.1, 0.15) is 50.5 Å². The van der Waals surface area contributed by atoms with E-state index in [1.54, 1.807) is 21.3 Å². The molecule has 0 radical (unpaired) electrons. The molecule has 0 saturated carbocycles. The number of methoxy groups -OCH3 is 3. The van der Waals surface area contributed by atoms with Gasteiger partial charge in [-0.3, -0.25) is 19.9 Å². The van der Waals surface area contributed by atoms with E-state index in [1.807, 2.05) is 39.4 Å². The largest absolute Gasteiger partial charge is 2.00 e. The SMILES string of the molecule is COc1c(C)cnc(CN(Cc2ncc(C)c(OC)c2C)Cc2ncc(C)c(OC)c2C)c1C.O=S(=O)([O-])C(F)(F)F.O=S(=O)([O-])C(F)(F)F.[Fe+2]. The molecule has 13 nitrogen and oxygen atoms in total. The maximum Gasteiger partial charge on any atom is 2.00 e. The zero-order valence-electron chi connectivity index (χ0n) is 28.8. The molecule has 0 bridgehead atoms. The number of alkyl halides is 6. The molecule has 0 saturated heterocycles. The minimum atomic E-state index is -6.09. The minimum Gasteiger partial charge on any atom is -0.741 e. The molecule has 51 heavy (non-hydrogen) atoms. The third-order valence-corrected chi connectivity index (χ3v) is 8.07. The van der Waals surface area contributed by atoms with Gasteiger partial charge in [-0.25, -0.2) is 16.8 Å². The van der Waals surface area contributed by atoms with Crippen LogP contribution in [0.15, 0.2) is 18.6 Å². The normalized spacial score (nSPS) is 11.8. The van der Waals surface area contributed by atoms with E-state index in [2.05, 4.69) is 25.7 Å². The molecule has 288 valence electrons. The molecular formula is C29H36F6FeN4O9S2. The Morgan fingerprint density at radius 3 is 0.922 bits per heavy atom. The Bertz CT molecular complexity index is 1670. The third kappa shape index (κ3) is 13.3. The molecule has 3 heterocycles. The summed E-state index contributed by atoms with van der Waals surface area (Å²) >= 11 is 0. The number of halogens is 6. The van der Waals surface area contributed by atoms with Gasteiger partial charge in [0.1, 0.15) is 17.2 Å². The fourth-order valence-electron chi connectivity index (χ4n) is 4.49. The first kappa shape index (κ1) is 47.7. The molecule has 0 aliphatic rings. The second-order valence-electron chi connectivity index (χ2n) is 10.6. The molecule has 0 fully saturated rings. The minimum absolute atomic E-state index is 0. The van der Waals surface area contributed by atoms with Gasteiger partial charge >= 0.3 is 28.1 Å². The van der Waals surface area contributed by atoms with Crippen molar-refractivity contribution in [2.24, 2.45) is 0 Å². The van der Waals surface area contributed by atoms with Crippen molar-refractivity contribution in [3.8, 4) is 17.2 Å². The van der Waals surface area contributed by atoms with Crippen LogP contribution in [0.25, 0.3) is 0 Å². The average molecular weight is 819 g/mol. The molecular weight excluding hydrogens is 782 g/mol. The average Bonchev–Trinajstić information content (AvgIpc) is 2.97. The summed E-state index contributed by atoms with van der Waals surface area (Å²) in [7, 11) is -7.07. The molecule has 22 heteroatoms. The van der Waals surface area contributed by atoms with Gasteiger partial charge < -0.3 is 23.3 Å². The maximum absolute atomic E-state index is 10.7. The van der Waals surface area contributed by atoms with Gasteiger partial charge in [0, 0.05) is 71.6 Å². The first-order chi connectivity index (χ1) is 22.7. The van der Waals surface area contributed by atoms with Crippen molar-refractivity contribution in [2.45, 2.75) is 72.2 Å². The van der Waals surface area contributed by atoms with E-state index in [9.17, 15) is 26.3 Å². The van der Waals surface area contributed by atoms with Crippen molar-refractivity contribution >= 4 is 20.2 Å². The van der Waals surface area contributed by atoms with Crippen LogP contribution in [0.3, 0.4) is 0 Å². The van der Waals surface area contributed by atoms with Crippen LogP contribution < -0.4 is 14.2 Å². The summed E-state index contributed by atoms with van der Waals surface area (Å²) in [5, 5.41) is 0. The molecule has 0 N–H and O–H groups in total. The molecule has 0 amide bonds. The van der Waals surface area contributed by atoms with E-state index in [-0.39, 0.29) is 17.1 Å². The molecule has 3 aromatic rings. The Morgan fingerprint density at radius 2 is 0.765 bits per heavy atom. The Balaban J connectivity index is 0.00000122. The second kappa shape index (κ2) is 19.0. The number of hydrogen-bond acceptors (Lipinski definition) is 13. The Kier molecular flexibility index (Phi) is 17.8. The van der Waals surface area contributed by atoms with Crippen molar-refractivity contribution in [2.75, 3.05) is 21.3 Å². The van der Waals surface area contributed by atoms with Crippen LogP contribution in [0.2, 0.25) is 0 Å². The van der Waals surface area contributed by atoms with Crippen LogP contribution in [-0.2, 0) is 56.9 Å². The third-order valence-electron chi connectivity index (χ3n) is 6.94. The van der Waals surface area contributed by atoms with Gasteiger partial charge in [0.05, 0.1) is 38.4 Å². The number of nitrogens with zero attached hydrogens (tertiary/aromatic N) is 4. The predicted molar refractivity (Wildman–Crippen MR) is 165 cm³/mol. The van der Waals surface area contributed by atoms with Crippen molar-refractivity contribution in [3.63, 3.8) is 0 Å². The van der Waals surface area contributed by atoms with E-state index in [0.717, 1.165) is 67.7 Å². The van der Waals surface area contributed by atoms with Crippen molar-refractivity contribution in [3.05, 3.63) is 69.1 Å². The number of ether oxygens (including phenoxy) is 3. The Labute approximate surface area is 302 Å². The van der Waals surface area contributed by atoms with Gasteiger partial charge in [-0.1, -0.05) is 0 Å². The predicted octanol–water partition coefficient (Wildman–Crippen LogP) is 5.05. The van der Waals surface area contributed by atoms with Gasteiger partial charge in [0.25, 0.3) is 0 Å². The molecule has 0 aliphatic carbocycles. The number of hydrogen-bond donors (Lipinski definition) is 0. The van der Waals surface area contributed by atoms with Gasteiger partial charge in [0.2, 0.25) is 0 Å². The zero-order chi connectivity index (χ0) is 39.0. The molecule has 0 aromatic carbocycles.